The van der Waals surface area contributed by atoms with Crippen LogP contribution in [-0.4, -0.2) is 37.3 Å². The first-order chi connectivity index (χ1) is 9.35. The van der Waals surface area contributed by atoms with Crippen molar-refractivity contribution in [3.63, 3.8) is 0 Å². The summed E-state index contributed by atoms with van der Waals surface area (Å²) in [5.41, 5.74) is 1.70. The van der Waals surface area contributed by atoms with Gasteiger partial charge in [-0.2, -0.15) is 0 Å². The molecule has 19 heavy (non-hydrogen) atoms. The zero-order valence-electron chi connectivity index (χ0n) is 11.1. The lowest BCUT2D eigenvalue weighted by atomic mass is 10.1. The Morgan fingerprint density at radius 1 is 1.16 bits per heavy atom. The Morgan fingerprint density at radius 3 is 2.79 bits per heavy atom. The van der Waals surface area contributed by atoms with E-state index in [0.717, 1.165) is 22.8 Å². The highest BCUT2D eigenvalue weighted by atomic mass is 16.5. The van der Waals surface area contributed by atoms with Gasteiger partial charge in [-0.1, -0.05) is 12.1 Å². The van der Waals surface area contributed by atoms with E-state index in [1.165, 1.54) is 0 Å². The molecule has 100 valence electrons. The molecule has 1 N–H and O–H groups in total. The molecule has 0 saturated heterocycles. The van der Waals surface area contributed by atoms with Gasteiger partial charge in [0.05, 0.1) is 24.7 Å². The Kier molecular flexibility index (Phi) is 4.69. The summed E-state index contributed by atoms with van der Waals surface area (Å²) >= 11 is 0. The maximum atomic E-state index is 5.69. The molecule has 0 bridgehead atoms. The van der Waals surface area contributed by atoms with Gasteiger partial charge in [-0.3, -0.25) is 4.98 Å². The number of ether oxygens (including phenoxy) is 2. The molecule has 0 aliphatic carbocycles. The molecule has 2 aromatic rings. The van der Waals surface area contributed by atoms with Crippen molar-refractivity contribution in [1.29, 1.82) is 0 Å². The predicted molar refractivity (Wildman–Crippen MR) is 74.4 cm³/mol. The van der Waals surface area contributed by atoms with Gasteiger partial charge in [0.25, 0.3) is 0 Å². The van der Waals surface area contributed by atoms with Gasteiger partial charge in [-0.05, 0) is 12.1 Å². The van der Waals surface area contributed by atoms with Gasteiger partial charge in [0.2, 0.25) is 0 Å². The van der Waals surface area contributed by atoms with Gasteiger partial charge in [-0.15, -0.1) is 0 Å². The molecular weight excluding hydrogens is 242 g/mol. The van der Waals surface area contributed by atoms with Crippen LogP contribution in [0.5, 0.6) is 5.75 Å². The maximum Gasteiger partial charge on any atom is 0.144 e. The van der Waals surface area contributed by atoms with E-state index in [-0.39, 0.29) is 0 Å². The molecule has 0 aliphatic heterocycles. The van der Waals surface area contributed by atoms with E-state index in [2.05, 4.69) is 15.3 Å². The summed E-state index contributed by atoms with van der Waals surface area (Å²) in [4.78, 5) is 8.63. The molecule has 5 heteroatoms. The average molecular weight is 259 g/mol. The fourth-order valence-electron chi connectivity index (χ4n) is 1.66. The molecule has 1 aromatic heterocycles. The molecule has 2 rings (SSSR count). The SMILES string of the molecule is CNc1cncc(-c2ccccc2OCCOC)n1. The van der Waals surface area contributed by atoms with Crippen molar-refractivity contribution in [2.75, 3.05) is 32.7 Å². The maximum absolute atomic E-state index is 5.69. The van der Waals surface area contributed by atoms with E-state index < -0.39 is 0 Å². The van der Waals surface area contributed by atoms with Crippen LogP contribution in [0.15, 0.2) is 36.7 Å². The van der Waals surface area contributed by atoms with E-state index >= 15 is 0 Å². The Labute approximate surface area is 112 Å². The topological polar surface area (TPSA) is 56.3 Å². The van der Waals surface area contributed by atoms with Gasteiger partial charge in [0, 0.05) is 19.7 Å². The molecule has 0 amide bonds. The van der Waals surface area contributed by atoms with Crippen LogP contribution in [0.3, 0.4) is 0 Å². The van der Waals surface area contributed by atoms with Crippen LogP contribution in [0.2, 0.25) is 0 Å². The van der Waals surface area contributed by atoms with Crippen molar-refractivity contribution < 1.29 is 9.47 Å². The van der Waals surface area contributed by atoms with Crippen LogP contribution in [0, 0.1) is 0 Å². The quantitative estimate of drug-likeness (QED) is 0.806. The highest BCUT2D eigenvalue weighted by Gasteiger charge is 2.08. The van der Waals surface area contributed by atoms with Crippen LogP contribution < -0.4 is 10.1 Å². The number of hydrogen-bond donors (Lipinski definition) is 1. The van der Waals surface area contributed by atoms with Crippen LogP contribution in [0.25, 0.3) is 11.3 Å². The number of hydrogen-bond acceptors (Lipinski definition) is 5. The molecule has 0 atom stereocenters. The van der Waals surface area contributed by atoms with Crippen molar-refractivity contribution in [1.82, 2.24) is 9.97 Å². The lowest BCUT2D eigenvalue weighted by Crippen LogP contribution is -2.05. The lowest BCUT2D eigenvalue weighted by Gasteiger charge is -2.11. The summed E-state index contributed by atoms with van der Waals surface area (Å²) in [5, 5.41) is 2.97. The van der Waals surface area contributed by atoms with E-state index in [1.54, 1.807) is 19.5 Å². The Morgan fingerprint density at radius 2 is 2.00 bits per heavy atom. The summed E-state index contributed by atoms with van der Waals surface area (Å²) in [6, 6.07) is 7.76. The van der Waals surface area contributed by atoms with Gasteiger partial charge in [-0.25, -0.2) is 4.98 Å². The number of benzene rings is 1. The van der Waals surface area contributed by atoms with Crippen LogP contribution in [-0.2, 0) is 4.74 Å². The number of anilines is 1. The van der Waals surface area contributed by atoms with E-state index in [9.17, 15) is 0 Å². The standard InChI is InChI=1S/C14H17N3O2/c1-15-14-10-16-9-12(17-14)11-5-3-4-6-13(11)19-8-7-18-2/h3-6,9-10H,7-8H2,1-2H3,(H,15,17). The molecular formula is C14H17N3O2. The van der Waals surface area contributed by atoms with Crippen LogP contribution in [0.1, 0.15) is 0 Å². The third-order valence-corrected chi connectivity index (χ3v) is 2.60. The number of nitrogens with one attached hydrogen (secondary N) is 1. The van der Waals surface area contributed by atoms with E-state index in [0.29, 0.717) is 13.2 Å². The number of methoxy groups -OCH3 is 1. The van der Waals surface area contributed by atoms with Crippen molar-refractivity contribution in [2.24, 2.45) is 0 Å². The van der Waals surface area contributed by atoms with Crippen LogP contribution >= 0.6 is 0 Å². The second-order valence-corrected chi connectivity index (χ2v) is 3.88. The second kappa shape index (κ2) is 6.70. The zero-order valence-corrected chi connectivity index (χ0v) is 11.1. The van der Waals surface area contributed by atoms with Crippen molar-refractivity contribution in [3.8, 4) is 17.0 Å². The minimum absolute atomic E-state index is 0.507. The molecule has 0 aliphatic rings. The Hall–Kier alpha value is -2.14. The van der Waals surface area contributed by atoms with Crippen molar-refractivity contribution in [2.45, 2.75) is 0 Å². The van der Waals surface area contributed by atoms with Crippen molar-refractivity contribution in [3.05, 3.63) is 36.7 Å². The minimum atomic E-state index is 0.507. The molecule has 0 unspecified atom stereocenters. The molecule has 5 nitrogen and oxygen atoms in total. The summed E-state index contributed by atoms with van der Waals surface area (Å²) < 4.78 is 10.7. The largest absolute Gasteiger partial charge is 0.490 e. The third-order valence-electron chi connectivity index (χ3n) is 2.60. The molecule has 0 spiro atoms. The highest BCUT2D eigenvalue weighted by molar-refractivity contribution is 5.67. The summed E-state index contributed by atoms with van der Waals surface area (Å²) in [7, 11) is 3.46. The van der Waals surface area contributed by atoms with Crippen molar-refractivity contribution >= 4 is 5.82 Å². The molecule has 0 fully saturated rings. The third kappa shape index (κ3) is 3.42. The number of rotatable bonds is 6. The van der Waals surface area contributed by atoms with Gasteiger partial charge in [0.1, 0.15) is 18.2 Å². The molecule has 1 aromatic carbocycles. The summed E-state index contributed by atoms with van der Waals surface area (Å²) in [6.07, 6.45) is 3.40. The van der Waals surface area contributed by atoms with Crippen LogP contribution in [0.4, 0.5) is 5.82 Å². The van der Waals surface area contributed by atoms with E-state index in [1.807, 2.05) is 31.3 Å². The van der Waals surface area contributed by atoms with Gasteiger partial charge >= 0.3 is 0 Å². The van der Waals surface area contributed by atoms with Gasteiger partial charge in [0.15, 0.2) is 0 Å². The predicted octanol–water partition coefficient (Wildman–Crippen LogP) is 2.21. The zero-order chi connectivity index (χ0) is 13.5. The number of para-hydroxylation sites is 1. The number of nitrogens with zero attached hydrogens (tertiary/aromatic N) is 2. The first-order valence-electron chi connectivity index (χ1n) is 6.06. The molecule has 1 heterocycles. The minimum Gasteiger partial charge on any atom is -0.490 e. The second-order valence-electron chi connectivity index (χ2n) is 3.88. The molecule has 0 radical (unpaired) electrons. The highest BCUT2D eigenvalue weighted by Crippen LogP contribution is 2.28. The average Bonchev–Trinajstić information content (AvgIpc) is 2.48. The van der Waals surface area contributed by atoms with Gasteiger partial charge < -0.3 is 14.8 Å². The summed E-state index contributed by atoms with van der Waals surface area (Å²) in [5.74, 6) is 1.51. The first kappa shape index (κ1) is 13.3. The summed E-state index contributed by atoms with van der Waals surface area (Å²) in [6.45, 7) is 1.06. The first-order valence-corrected chi connectivity index (χ1v) is 6.06. The normalized spacial score (nSPS) is 10.2. The Bertz CT molecular complexity index is 532. The Balaban J connectivity index is 2.27. The lowest BCUT2D eigenvalue weighted by molar-refractivity contribution is 0.146. The monoisotopic (exact) mass is 259 g/mol. The van der Waals surface area contributed by atoms with E-state index in [4.69, 9.17) is 9.47 Å². The fraction of sp³-hybridized carbons (Fsp3) is 0.286. The fourth-order valence-corrected chi connectivity index (χ4v) is 1.66. The smallest absolute Gasteiger partial charge is 0.144 e. The number of aromatic nitrogens is 2. The molecule has 0 saturated carbocycles.